The summed E-state index contributed by atoms with van der Waals surface area (Å²) in [6.45, 7) is 1.12. The highest BCUT2D eigenvalue weighted by atomic mass is 19.4. The van der Waals surface area contributed by atoms with Crippen molar-refractivity contribution in [1.82, 2.24) is 0 Å². The predicted molar refractivity (Wildman–Crippen MR) is 89.3 cm³/mol. The Kier molecular flexibility index (Phi) is 5.24. The van der Waals surface area contributed by atoms with Gasteiger partial charge in [-0.25, -0.2) is 4.39 Å². The summed E-state index contributed by atoms with van der Waals surface area (Å²) in [4.78, 5) is 12.2. The first-order valence-corrected chi connectivity index (χ1v) is 7.57. The lowest BCUT2D eigenvalue weighted by molar-refractivity contribution is -0.348. The number of hydrogen-bond donors (Lipinski definition) is 3. The van der Waals surface area contributed by atoms with Crippen LogP contribution in [0.15, 0.2) is 36.4 Å². The molecule has 0 saturated heterocycles. The number of nitrogens with one attached hydrogen (secondary N) is 1. The Morgan fingerprint density at radius 3 is 1.79 bits per heavy atom. The van der Waals surface area contributed by atoms with Crippen molar-refractivity contribution in [2.75, 3.05) is 16.8 Å². The first kappa shape index (κ1) is 21.3. The summed E-state index contributed by atoms with van der Waals surface area (Å²) in [6.07, 6.45) is -12.4. The van der Waals surface area contributed by atoms with E-state index in [1.54, 1.807) is 0 Å². The van der Waals surface area contributed by atoms with Crippen LogP contribution in [0.4, 0.5) is 47.8 Å². The fourth-order valence-electron chi connectivity index (χ4n) is 2.51. The van der Waals surface area contributed by atoms with E-state index in [1.807, 2.05) is 0 Å². The summed E-state index contributed by atoms with van der Waals surface area (Å²) in [5.41, 5.74) is 3.97. The van der Waals surface area contributed by atoms with E-state index in [2.05, 4.69) is 5.32 Å². The molecule has 1 amide bonds. The standard InChI is InChI=1S/C17H14F7N3O/c1-8-4-10(15(18,16(19,20)21)17(22,23)24)2-3-13(8)27-14(28)9-5-11(25)7-12(26)6-9/h2-7H,25-26H2,1H3,(H,27,28). The lowest BCUT2D eigenvalue weighted by Gasteiger charge is -2.30. The molecule has 0 aliphatic rings. The maximum absolute atomic E-state index is 14.1. The first-order valence-electron chi connectivity index (χ1n) is 7.57. The number of alkyl halides is 7. The van der Waals surface area contributed by atoms with E-state index >= 15 is 0 Å². The van der Waals surface area contributed by atoms with Gasteiger partial charge in [-0.2, -0.15) is 26.3 Å². The molecule has 0 saturated carbocycles. The third kappa shape index (κ3) is 3.82. The summed E-state index contributed by atoms with van der Waals surface area (Å²) < 4.78 is 91.1. The van der Waals surface area contributed by atoms with Crippen molar-refractivity contribution in [2.24, 2.45) is 0 Å². The fraction of sp³-hybridized carbons (Fsp3) is 0.235. The number of hydrogen-bond acceptors (Lipinski definition) is 3. The second kappa shape index (κ2) is 6.88. The molecule has 5 N–H and O–H groups in total. The largest absolute Gasteiger partial charge is 0.435 e. The number of halogens is 7. The average Bonchev–Trinajstić information content (AvgIpc) is 2.52. The minimum atomic E-state index is -6.22. The van der Waals surface area contributed by atoms with E-state index in [-0.39, 0.29) is 28.2 Å². The zero-order valence-corrected chi connectivity index (χ0v) is 14.2. The van der Waals surface area contributed by atoms with Gasteiger partial charge in [-0.15, -0.1) is 0 Å². The Labute approximate surface area is 154 Å². The molecule has 0 aliphatic heterocycles. The molecule has 4 nitrogen and oxygen atoms in total. The average molecular weight is 409 g/mol. The van der Waals surface area contributed by atoms with Gasteiger partial charge in [0, 0.05) is 28.2 Å². The molecule has 0 spiro atoms. The number of nitrogen functional groups attached to an aromatic ring is 2. The van der Waals surface area contributed by atoms with Gasteiger partial charge in [0.05, 0.1) is 0 Å². The maximum Gasteiger partial charge on any atom is 0.435 e. The van der Waals surface area contributed by atoms with E-state index in [0.29, 0.717) is 12.1 Å². The molecule has 0 unspecified atom stereocenters. The number of rotatable bonds is 3. The number of aryl methyl sites for hydroxylation is 1. The summed E-state index contributed by atoms with van der Waals surface area (Å²) in [5.74, 6) is -0.756. The highest BCUT2D eigenvalue weighted by Gasteiger charge is 2.73. The van der Waals surface area contributed by atoms with Crippen LogP contribution in [0.25, 0.3) is 0 Å². The fourth-order valence-corrected chi connectivity index (χ4v) is 2.51. The van der Waals surface area contributed by atoms with Crippen LogP contribution >= 0.6 is 0 Å². The van der Waals surface area contributed by atoms with E-state index in [4.69, 9.17) is 11.5 Å². The van der Waals surface area contributed by atoms with Crippen LogP contribution in [0.3, 0.4) is 0 Å². The molecule has 152 valence electrons. The van der Waals surface area contributed by atoms with Gasteiger partial charge >= 0.3 is 18.0 Å². The van der Waals surface area contributed by atoms with Gasteiger partial charge in [0.1, 0.15) is 0 Å². The summed E-state index contributed by atoms with van der Waals surface area (Å²) >= 11 is 0. The number of carbonyl (C=O) groups excluding carboxylic acids is 1. The summed E-state index contributed by atoms with van der Waals surface area (Å²) in [5, 5.41) is 2.30. The van der Waals surface area contributed by atoms with E-state index < -0.39 is 29.5 Å². The van der Waals surface area contributed by atoms with Crippen LogP contribution in [0.1, 0.15) is 21.5 Å². The molecule has 0 atom stereocenters. The monoisotopic (exact) mass is 409 g/mol. The third-order valence-electron chi connectivity index (χ3n) is 3.89. The minimum Gasteiger partial charge on any atom is -0.399 e. The van der Waals surface area contributed by atoms with Gasteiger partial charge in [0.25, 0.3) is 5.91 Å². The number of nitrogens with two attached hydrogens (primary N) is 2. The molecular formula is C17H14F7N3O. The Balaban J connectivity index is 2.40. The zero-order chi connectivity index (χ0) is 21.5. The SMILES string of the molecule is Cc1cc(C(F)(C(F)(F)F)C(F)(F)F)ccc1NC(=O)c1cc(N)cc(N)c1. The quantitative estimate of drug-likeness (QED) is 0.508. The number of amides is 1. The maximum atomic E-state index is 14.1. The molecule has 2 aromatic rings. The summed E-state index contributed by atoms with van der Waals surface area (Å²) in [7, 11) is 0. The van der Waals surface area contributed by atoms with Gasteiger partial charge in [0.15, 0.2) is 0 Å². The van der Waals surface area contributed by atoms with E-state index in [1.165, 1.54) is 18.2 Å². The Bertz CT molecular complexity index is 872. The summed E-state index contributed by atoms with van der Waals surface area (Å²) in [6, 6.07) is 5.38. The predicted octanol–water partition coefficient (Wildman–Crippen LogP) is 4.70. The molecule has 0 aliphatic carbocycles. The number of anilines is 3. The van der Waals surface area contributed by atoms with Crippen molar-refractivity contribution in [1.29, 1.82) is 0 Å². The van der Waals surface area contributed by atoms with Gasteiger partial charge in [0.2, 0.25) is 0 Å². The van der Waals surface area contributed by atoms with Crippen molar-refractivity contribution in [3.63, 3.8) is 0 Å². The van der Waals surface area contributed by atoms with Crippen molar-refractivity contribution >= 4 is 23.0 Å². The molecule has 11 heteroatoms. The molecule has 0 heterocycles. The minimum absolute atomic E-state index is 0.0198. The Hall–Kier alpha value is -2.98. The van der Waals surface area contributed by atoms with Gasteiger partial charge in [-0.05, 0) is 36.8 Å². The molecule has 0 radical (unpaired) electrons. The molecule has 28 heavy (non-hydrogen) atoms. The Morgan fingerprint density at radius 1 is 0.857 bits per heavy atom. The van der Waals surface area contributed by atoms with Crippen molar-refractivity contribution in [2.45, 2.75) is 24.9 Å². The third-order valence-corrected chi connectivity index (χ3v) is 3.89. The topological polar surface area (TPSA) is 81.1 Å². The first-order chi connectivity index (χ1) is 12.7. The molecule has 2 rings (SSSR count). The highest BCUT2D eigenvalue weighted by molar-refractivity contribution is 6.05. The second-order valence-electron chi connectivity index (χ2n) is 6.03. The lowest BCUT2D eigenvalue weighted by Crippen LogP contribution is -2.50. The van der Waals surface area contributed by atoms with Crippen LogP contribution in [0, 0.1) is 6.92 Å². The van der Waals surface area contributed by atoms with E-state index in [0.717, 1.165) is 13.0 Å². The van der Waals surface area contributed by atoms with E-state index in [9.17, 15) is 35.5 Å². The van der Waals surface area contributed by atoms with Crippen LogP contribution in [0.5, 0.6) is 0 Å². The molecule has 0 fully saturated rings. The lowest BCUT2D eigenvalue weighted by atomic mass is 9.92. The highest BCUT2D eigenvalue weighted by Crippen LogP contribution is 2.53. The van der Waals surface area contributed by atoms with Crippen molar-refractivity contribution in [3.05, 3.63) is 53.1 Å². The smallest absolute Gasteiger partial charge is 0.399 e. The Morgan fingerprint density at radius 2 is 1.36 bits per heavy atom. The molecule has 0 bridgehead atoms. The van der Waals surface area contributed by atoms with Gasteiger partial charge < -0.3 is 16.8 Å². The second-order valence-corrected chi connectivity index (χ2v) is 6.03. The van der Waals surface area contributed by atoms with Crippen LogP contribution in [0.2, 0.25) is 0 Å². The van der Waals surface area contributed by atoms with Crippen LogP contribution in [-0.2, 0) is 5.67 Å². The van der Waals surface area contributed by atoms with Gasteiger partial charge in [-0.1, -0.05) is 12.1 Å². The van der Waals surface area contributed by atoms with Crippen molar-refractivity contribution < 1.29 is 35.5 Å². The zero-order valence-electron chi connectivity index (χ0n) is 14.2. The number of benzene rings is 2. The molecule has 0 aromatic heterocycles. The molecule has 2 aromatic carbocycles. The molecular weight excluding hydrogens is 395 g/mol. The van der Waals surface area contributed by atoms with Crippen LogP contribution < -0.4 is 16.8 Å². The normalized spacial score (nSPS) is 12.7. The van der Waals surface area contributed by atoms with Crippen LogP contribution in [-0.4, -0.2) is 18.3 Å². The van der Waals surface area contributed by atoms with Gasteiger partial charge in [-0.3, -0.25) is 4.79 Å². The van der Waals surface area contributed by atoms with Crippen molar-refractivity contribution in [3.8, 4) is 0 Å². The number of carbonyl (C=O) groups is 1.